The van der Waals surface area contributed by atoms with Crippen LogP contribution in [0.1, 0.15) is 19.5 Å². The molecular weight excluding hydrogens is 266 g/mol. The first kappa shape index (κ1) is 14.8. The zero-order chi connectivity index (χ0) is 15.4. The average molecular weight is 285 g/mol. The van der Waals surface area contributed by atoms with Gasteiger partial charge < -0.3 is 21.2 Å². The van der Waals surface area contributed by atoms with Crippen LogP contribution < -0.4 is 15.8 Å². The van der Waals surface area contributed by atoms with Gasteiger partial charge in [-0.2, -0.15) is 0 Å². The smallest absolute Gasteiger partial charge is 0.131 e. The second-order valence-corrected chi connectivity index (χ2v) is 4.88. The molecular formula is C15H19N5O. The van der Waals surface area contributed by atoms with Gasteiger partial charge in [-0.1, -0.05) is 0 Å². The lowest BCUT2D eigenvalue weighted by Gasteiger charge is -2.16. The summed E-state index contributed by atoms with van der Waals surface area (Å²) < 4.78 is 5.31. The molecule has 0 amide bonds. The van der Waals surface area contributed by atoms with Crippen molar-refractivity contribution < 1.29 is 4.74 Å². The molecule has 0 unspecified atom stereocenters. The Bertz CT molecular complexity index is 655. The van der Waals surface area contributed by atoms with Gasteiger partial charge in [-0.3, -0.25) is 4.98 Å². The number of nitrogens with two attached hydrogens (primary N) is 1. The molecule has 0 aliphatic heterocycles. The third-order valence-electron chi connectivity index (χ3n) is 2.92. The maximum absolute atomic E-state index is 7.55. The maximum atomic E-state index is 7.55. The van der Waals surface area contributed by atoms with E-state index in [4.69, 9.17) is 15.9 Å². The highest BCUT2D eigenvalue weighted by Crippen LogP contribution is 2.32. The summed E-state index contributed by atoms with van der Waals surface area (Å²) in [7, 11) is 1.59. The van der Waals surface area contributed by atoms with Gasteiger partial charge in [-0.15, -0.1) is 0 Å². The lowest BCUT2D eigenvalue weighted by Crippen LogP contribution is -2.14. The van der Waals surface area contributed by atoms with Crippen LogP contribution in [0.5, 0.6) is 5.75 Å². The van der Waals surface area contributed by atoms with Gasteiger partial charge in [-0.25, -0.2) is 4.98 Å². The summed E-state index contributed by atoms with van der Waals surface area (Å²) in [5.74, 6) is 0.664. The highest BCUT2D eigenvalue weighted by Gasteiger charge is 2.14. The van der Waals surface area contributed by atoms with Crippen LogP contribution in [0.25, 0.3) is 11.3 Å². The Hall–Kier alpha value is -2.63. The van der Waals surface area contributed by atoms with Gasteiger partial charge in [-0.05, 0) is 26.0 Å². The van der Waals surface area contributed by atoms with Gasteiger partial charge in [0.2, 0.25) is 0 Å². The van der Waals surface area contributed by atoms with E-state index in [9.17, 15) is 0 Å². The van der Waals surface area contributed by atoms with E-state index >= 15 is 0 Å². The molecule has 0 radical (unpaired) electrons. The topological polar surface area (TPSA) is 96.9 Å². The van der Waals surface area contributed by atoms with Crippen LogP contribution in [0, 0.1) is 5.41 Å². The van der Waals surface area contributed by atoms with Crippen LogP contribution >= 0.6 is 0 Å². The van der Waals surface area contributed by atoms with Gasteiger partial charge in [0.05, 0.1) is 29.7 Å². The van der Waals surface area contributed by atoms with Crippen LogP contribution in [-0.2, 0) is 0 Å². The van der Waals surface area contributed by atoms with Crippen molar-refractivity contribution >= 4 is 17.6 Å². The third-order valence-corrected chi connectivity index (χ3v) is 2.92. The molecule has 6 heteroatoms. The van der Waals surface area contributed by atoms with Crippen LogP contribution in [0.15, 0.2) is 24.5 Å². The summed E-state index contributed by atoms with van der Waals surface area (Å²) in [6, 6.07) is 3.72. The number of pyridine rings is 2. The summed E-state index contributed by atoms with van der Waals surface area (Å²) in [5.41, 5.74) is 9.18. The van der Waals surface area contributed by atoms with Crippen molar-refractivity contribution in [3.05, 3.63) is 30.2 Å². The summed E-state index contributed by atoms with van der Waals surface area (Å²) in [5, 5.41) is 10.8. The average Bonchev–Trinajstić information content (AvgIpc) is 2.48. The zero-order valence-corrected chi connectivity index (χ0v) is 12.3. The van der Waals surface area contributed by atoms with Gasteiger partial charge in [0.25, 0.3) is 0 Å². The molecule has 0 aliphatic rings. The van der Waals surface area contributed by atoms with E-state index in [1.54, 1.807) is 31.6 Å². The first-order valence-corrected chi connectivity index (χ1v) is 6.62. The molecule has 21 heavy (non-hydrogen) atoms. The lowest BCUT2D eigenvalue weighted by molar-refractivity contribution is 0.416. The number of anilines is 2. The van der Waals surface area contributed by atoms with Crippen LogP contribution in [-0.4, -0.2) is 29.3 Å². The zero-order valence-electron chi connectivity index (χ0n) is 12.3. The number of rotatable bonds is 5. The molecule has 6 nitrogen and oxygen atoms in total. The fraction of sp³-hybridized carbons (Fsp3) is 0.267. The molecule has 0 saturated heterocycles. The maximum Gasteiger partial charge on any atom is 0.131 e. The minimum atomic E-state index is 0.201. The second kappa shape index (κ2) is 6.21. The number of methoxy groups -OCH3 is 1. The summed E-state index contributed by atoms with van der Waals surface area (Å²) in [4.78, 5) is 8.57. The molecule has 2 heterocycles. The van der Waals surface area contributed by atoms with Gasteiger partial charge in [0.1, 0.15) is 11.4 Å². The van der Waals surface area contributed by atoms with Crippen molar-refractivity contribution in [2.24, 2.45) is 0 Å². The molecule has 0 aromatic carbocycles. The quantitative estimate of drug-likeness (QED) is 0.733. The molecule has 4 N–H and O–H groups in total. The van der Waals surface area contributed by atoms with E-state index in [1.165, 1.54) is 6.21 Å². The Morgan fingerprint density at radius 2 is 2.19 bits per heavy atom. The first-order valence-electron chi connectivity index (χ1n) is 6.62. The van der Waals surface area contributed by atoms with Crippen molar-refractivity contribution in [1.82, 2.24) is 9.97 Å². The number of aromatic nitrogens is 2. The summed E-state index contributed by atoms with van der Waals surface area (Å²) in [6.07, 6.45) is 4.51. The monoisotopic (exact) mass is 285 g/mol. The standard InChI is InChI=1S/C15H19N5O/c1-9(2)19-15-11(17)6-12(20-13(15)7-16)10-8-18-5-4-14(10)21-3/h4-9,16,19H,1-3H3,(H2,17,20). The van der Waals surface area contributed by atoms with E-state index < -0.39 is 0 Å². The van der Waals surface area contributed by atoms with E-state index in [2.05, 4.69) is 15.3 Å². The van der Waals surface area contributed by atoms with E-state index in [-0.39, 0.29) is 6.04 Å². The minimum Gasteiger partial charge on any atom is -0.496 e. The normalized spacial score (nSPS) is 10.5. The van der Waals surface area contributed by atoms with Crippen LogP contribution in [0.2, 0.25) is 0 Å². The first-order chi connectivity index (χ1) is 10.1. The Balaban J connectivity index is 2.57. The number of hydrogen-bond acceptors (Lipinski definition) is 6. The Labute approximate surface area is 123 Å². The Morgan fingerprint density at radius 1 is 1.43 bits per heavy atom. The highest BCUT2D eigenvalue weighted by atomic mass is 16.5. The molecule has 0 aliphatic carbocycles. The number of nitrogen functional groups attached to an aromatic ring is 1. The molecule has 0 bridgehead atoms. The largest absolute Gasteiger partial charge is 0.496 e. The molecule has 2 aromatic rings. The van der Waals surface area contributed by atoms with Gasteiger partial charge in [0.15, 0.2) is 0 Å². The van der Waals surface area contributed by atoms with Crippen molar-refractivity contribution in [1.29, 1.82) is 5.41 Å². The van der Waals surface area contributed by atoms with E-state index in [0.717, 1.165) is 5.56 Å². The molecule has 2 aromatic heterocycles. The number of hydrogen-bond donors (Lipinski definition) is 3. The summed E-state index contributed by atoms with van der Waals surface area (Å²) >= 11 is 0. The predicted octanol–water partition coefficient (Wildman–Crippen LogP) is 2.55. The fourth-order valence-electron chi connectivity index (χ4n) is 2.03. The lowest BCUT2D eigenvalue weighted by atomic mass is 10.1. The van der Waals surface area contributed by atoms with Crippen molar-refractivity contribution in [3.8, 4) is 17.0 Å². The molecule has 0 saturated carbocycles. The third kappa shape index (κ3) is 3.10. The molecule has 110 valence electrons. The Kier molecular flexibility index (Phi) is 4.37. The number of nitrogens with one attached hydrogen (secondary N) is 2. The van der Waals surface area contributed by atoms with E-state index in [0.29, 0.717) is 28.5 Å². The van der Waals surface area contributed by atoms with Crippen molar-refractivity contribution in [2.75, 3.05) is 18.2 Å². The van der Waals surface area contributed by atoms with Gasteiger partial charge >= 0.3 is 0 Å². The number of ether oxygens (including phenoxy) is 1. The van der Waals surface area contributed by atoms with Crippen molar-refractivity contribution in [2.45, 2.75) is 19.9 Å². The van der Waals surface area contributed by atoms with Crippen LogP contribution in [0.3, 0.4) is 0 Å². The minimum absolute atomic E-state index is 0.201. The van der Waals surface area contributed by atoms with Crippen molar-refractivity contribution in [3.63, 3.8) is 0 Å². The molecule has 2 rings (SSSR count). The SMILES string of the molecule is COc1ccncc1-c1cc(N)c(NC(C)C)c(C=N)n1. The van der Waals surface area contributed by atoms with Gasteiger partial charge in [0, 0.05) is 24.7 Å². The second-order valence-electron chi connectivity index (χ2n) is 4.88. The molecule has 0 spiro atoms. The fourth-order valence-corrected chi connectivity index (χ4v) is 2.03. The van der Waals surface area contributed by atoms with E-state index in [1.807, 2.05) is 13.8 Å². The summed E-state index contributed by atoms with van der Waals surface area (Å²) in [6.45, 7) is 4.01. The number of nitrogens with zero attached hydrogens (tertiary/aromatic N) is 2. The molecule has 0 fully saturated rings. The molecule has 0 atom stereocenters. The highest BCUT2D eigenvalue weighted by molar-refractivity contribution is 5.91. The predicted molar refractivity (Wildman–Crippen MR) is 85.1 cm³/mol. The van der Waals surface area contributed by atoms with Crippen LogP contribution in [0.4, 0.5) is 11.4 Å². The Morgan fingerprint density at radius 3 is 2.81 bits per heavy atom.